The van der Waals surface area contributed by atoms with Crippen molar-refractivity contribution in [3.05, 3.63) is 23.7 Å². The number of hydrogen-bond acceptors (Lipinski definition) is 4. The third-order valence-electron chi connectivity index (χ3n) is 0.813. The molecule has 6 heteroatoms. The van der Waals surface area contributed by atoms with E-state index >= 15 is 0 Å². The Hall–Kier alpha value is -1.10. The fourth-order valence-corrected chi connectivity index (χ4v) is 0.572. The van der Waals surface area contributed by atoms with E-state index in [9.17, 15) is 19.8 Å². The van der Waals surface area contributed by atoms with Gasteiger partial charge in [-0.15, -0.1) is 11.5 Å². The quantitative estimate of drug-likeness (QED) is 0.358. The first kappa shape index (κ1) is 24.2. The van der Waals surface area contributed by atoms with Crippen LogP contribution in [0.1, 0.15) is 27.7 Å². The predicted molar refractivity (Wildman–Crippen MR) is 52.5 cm³/mol. The van der Waals surface area contributed by atoms with Crippen LogP contribution in [0, 0.1) is 0 Å². The SMILES string of the molecule is CC(=O)C=C(C)[O-].CC(=O)C=C(C)[O-].O.[Mn+2]. The van der Waals surface area contributed by atoms with Crippen LogP contribution in [-0.4, -0.2) is 17.0 Å². The summed E-state index contributed by atoms with van der Waals surface area (Å²) in [7, 11) is 0. The number of ketones is 2. The largest absolute Gasteiger partial charge is 2.00 e. The molecule has 1 radical (unpaired) electrons. The van der Waals surface area contributed by atoms with E-state index < -0.39 is 0 Å². The summed E-state index contributed by atoms with van der Waals surface area (Å²) < 4.78 is 0. The van der Waals surface area contributed by atoms with Crippen molar-refractivity contribution in [2.75, 3.05) is 0 Å². The molecule has 0 aromatic rings. The van der Waals surface area contributed by atoms with E-state index in [0.717, 1.165) is 12.2 Å². The Bertz CT molecular complexity index is 232. The van der Waals surface area contributed by atoms with E-state index in [1.54, 1.807) is 0 Å². The van der Waals surface area contributed by atoms with E-state index in [2.05, 4.69) is 0 Å². The van der Waals surface area contributed by atoms with E-state index in [1.807, 2.05) is 0 Å². The molecule has 5 nitrogen and oxygen atoms in total. The van der Waals surface area contributed by atoms with Gasteiger partial charge in [-0.25, -0.2) is 0 Å². The van der Waals surface area contributed by atoms with Crippen LogP contribution in [0.3, 0.4) is 0 Å². The van der Waals surface area contributed by atoms with Gasteiger partial charge in [-0.1, -0.05) is 13.8 Å². The number of allylic oxidation sites excluding steroid dienone is 4. The molecule has 0 saturated carbocycles. The van der Waals surface area contributed by atoms with Crippen molar-refractivity contribution < 1.29 is 42.3 Å². The van der Waals surface area contributed by atoms with Gasteiger partial charge in [0, 0.05) is 0 Å². The summed E-state index contributed by atoms with van der Waals surface area (Å²) in [6.45, 7) is 5.39. The van der Waals surface area contributed by atoms with Crippen molar-refractivity contribution in [3.8, 4) is 0 Å². The molecule has 0 unspecified atom stereocenters. The normalized spacial score (nSPS) is 10.0. The summed E-state index contributed by atoms with van der Waals surface area (Å²) in [5, 5.41) is 20.0. The zero-order chi connectivity index (χ0) is 11.7. The molecule has 0 aromatic carbocycles. The average Bonchev–Trinajstić information content (AvgIpc) is 1.79. The summed E-state index contributed by atoms with van der Waals surface area (Å²) in [6.07, 6.45) is 2.11. The van der Waals surface area contributed by atoms with Crippen LogP contribution in [0.25, 0.3) is 0 Å². The van der Waals surface area contributed by atoms with Gasteiger partial charge in [-0.2, -0.15) is 0 Å². The minimum absolute atomic E-state index is 0. The maximum Gasteiger partial charge on any atom is 2.00 e. The van der Waals surface area contributed by atoms with Gasteiger partial charge in [0.25, 0.3) is 0 Å². The monoisotopic (exact) mass is 271 g/mol. The first-order chi connectivity index (χ1) is 6.25. The molecule has 0 aliphatic rings. The smallest absolute Gasteiger partial charge is 0.876 e. The van der Waals surface area contributed by atoms with Gasteiger partial charge in [-0.3, -0.25) is 9.59 Å². The predicted octanol–water partition coefficient (Wildman–Crippen LogP) is -1.15. The first-order valence-electron chi connectivity index (χ1n) is 3.97. The van der Waals surface area contributed by atoms with Crippen LogP contribution in [0.2, 0.25) is 0 Å². The van der Waals surface area contributed by atoms with Gasteiger partial charge in [-0.05, 0) is 26.0 Å². The van der Waals surface area contributed by atoms with E-state index in [4.69, 9.17) is 0 Å². The molecule has 0 fully saturated rings. The summed E-state index contributed by atoms with van der Waals surface area (Å²) in [6, 6.07) is 0. The van der Waals surface area contributed by atoms with Crippen LogP contribution in [0.5, 0.6) is 0 Å². The van der Waals surface area contributed by atoms with Gasteiger partial charge >= 0.3 is 17.1 Å². The molecule has 16 heavy (non-hydrogen) atoms. The Morgan fingerprint density at radius 1 is 0.812 bits per heavy atom. The molecule has 0 spiro atoms. The Morgan fingerprint density at radius 3 is 1.00 bits per heavy atom. The van der Waals surface area contributed by atoms with Gasteiger partial charge < -0.3 is 15.7 Å². The zero-order valence-electron chi connectivity index (χ0n) is 9.67. The van der Waals surface area contributed by atoms with Crippen molar-refractivity contribution >= 4 is 11.6 Å². The molecule has 93 valence electrons. The maximum atomic E-state index is 9.98. The summed E-state index contributed by atoms with van der Waals surface area (Å²) >= 11 is 0. The van der Waals surface area contributed by atoms with Crippen molar-refractivity contribution in [2.45, 2.75) is 27.7 Å². The van der Waals surface area contributed by atoms with E-state index in [1.165, 1.54) is 27.7 Å². The van der Waals surface area contributed by atoms with Crippen LogP contribution in [-0.2, 0) is 26.7 Å². The van der Waals surface area contributed by atoms with Gasteiger partial charge in [0.05, 0.1) is 0 Å². The fourth-order valence-electron chi connectivity index (χ4n) is 0.572. The minimum Gasteiger partial charge on any atom is -0.876 e. The van der Waals surface area contributed by atoms with E-state index in [-0.39, 0.29) is 45.6 Å². The molecule has 0 amide bonds. The van der Waals surface area contributed by atoms with Crippen molar-refractivity contribution in [1.82, 2.24) is 0 Å². The molecule has 0 rings (SSSR count). The second-order valence-electron chi connectivity index (χ2n) is 2.73. The maximum absolute atomic E-state index is 9.98. The second kappa shape index (κ2) is 13.9. The fraction of sp³-hybridized carbons (Fsp3) is 0.400. The van der Waals surface area contributed by atoms with Gasteiger partial charge in [0.2, 0.25) is 0 Å². The Kier molecular flexibility index (Phi) is 21.0. The van der Waals surface area contributed by atoms with Crippen molar-refractivity contribution in [2.24, 2.45) is 0 Å². The molecule has 0 aliphatic carbocycles. The molecule has 0 heterocycles. The molecule has 2 N–H and O–H groups in total. The van der Waals surface area contributed by atoms with Crippen LogP contribution in [0.15, 0.2) is 23.7 Å². The molecule has 0 aromatic heterocycles. The third-order valence-corrected chi connectivity index (χ3v) is 0.813. The Labute approximate surface area is 106 Å². The first-order valence-corrected chi connectivity index (χ1v) is 3.97. The van der Waals surface area contributed by atoms with Crippen LogP contribution < -0.4 is 10.2 Å². The zero-order valence-corrected chi connectivity index (χ0v) is 10.8. The number of rotatable bonds is 2. The average molecular weight is 271 g/mol. The molecule has 0 saturated heterocycles. The van der Waals surface area contributed by atoms with Gasteiger partial charge in [0.1, 0.15) is 0 Å². The number of hydrogen-bond donors (Lipinski definition) is 0. The molecule has 0 atom stereocenters. The van der Waals surface area contributed by atoms with Crippen LogP contribution in [0.4, 0.5) is 0 Å². The second-order valence-corrected chi connectivity index (χ2v) is 2.73. The molecular weight excluding hydrogens is 255 g/mol. The van der Waals surface area contributed by atoms with Crippen molar-refractivity contribution in [1.29, 1.82) is 0 Å². The number of carbonyl (C=O) groups is 2. The third kappa shape index (κ3) is 38.4. The Balaban J connectivity index is -0.0000000800. The molecular formula is C10H16MnO5. The summed E-state index contributed by atoms with van der Waals surface area (Å²) in [5.74, 6) is -0.750. The van der Waals surface area contributed by atoms with Crippen molar-refractivity contribution in [3.63, 3.8) is 0 Å². The molecule has 0 bridgehead atoms. The standard InChI is InChI=1S/2C5H8O2.Mn.H2O/c2*1-4(6)3-5(2)7;;/h2*3,6H,1-2H3;;1H2/q;;+2;/p-2. The van der Waals surface area contributed by atoms with Gasteiger partial charge in [0.15, 0.2) is 11.6 Å². The number of carbonyl (C=O) groups excluding carboxylic acids is 2. The van der Waals surface area contributed by atoms with E-state index in [0.29, 0.717) is 0 Å². The molecule has 0 aliphatic heterocycles. The topological polar surface area (TPSA) is 112 Å². The Morgan fingerprint density at radius 2 is 1.00 bits per heavy atom. The minimum atomic E-state index is -0.187. The summed E-state index contributed by atoms with van der Waals surface area (Å²) in [4.78, 5) is 20.0. The van der Waals surface area contributed by atoms with Crippen LogP contribution >= 0.6 is 0 Å². The summed E-state index contributed by atoms with van der Waals surface area (Å²) in [5.41, 5.74) is 0.